The summed E-state index contributed by atoms with van der Waals surface area (Å²) in [6.45, 7) is 28.3. The molecule has 0 aliphatic heterocycles. The Hall–Kier alpha value is -12.5. The van der Waals surface area contributed by atoms with Gasteiger partial charge in [-0.15, -0.1) is 0 Å². The highest BCUT2D eigenvalue weighted by molar-refractivity contribution is 6.28. The van der Waals surface area contributed by atoms with Gasteiger partial charge in [0.05, 0.1) is 0 Å². The maximum atomic E-state index is 12.1. The Morgan fingerprint density at radius 3 is 0.604 bits per heavy atom. The Balaban J connectivity index is 0.000000253. The van der Waals surface area contributed by atoms with Crippen LogP contribution in [-0.2, 0) is 9.59 Å². The van der Waals surface area contributed by atoms with Crippen LogP contribution in [-0.4, -0.2) is 46.3 Å². The summed E-state index contributed by atoms with van der Waals surface area (Å²) in [5.41, 5.74) is 6.74. The van der Waals surface area contributed by atoms with E-state index in [4.69, 9.17) is 0 Å². The molecule has 0 fully saturated rings. The van der Waals surface area contributed by atoms with Gasteiger partial charge >= 0.3 is 0 Å². The molecule has 13 aromatic rings. The average Bonchev–Trinajstić information content (AvgIpc) is 0.780. The van der Waals surface area contributed by atoms with Crippen LogP contribution in [0, 0.1) is 13.8 Å². The summed E-state index contributed by atoms with van der Waals surface area (Å²) in [4.78, 5) is 89.5. The number of rotatable bonds is 0. The summed E-state index contributed by atoms with van der Waals surface area (Å²) in [5.74, 6) is -0.739. The highest BCUT2D eigenvalue weighted by Crippen LogP contribution is 2.29. The van der Waals surface area contributed by atoms with Crippen LogP contribution in [0.3, 0.4) is 0 Å². The largest absolute Gasteiger partial charge is 0.290 e. The molecule has 4 aliphatic rings. The number of allylic oxidation sites excluding steroid dienone is 8. The van der Waals surface area contributed by atoms with E-state index < -0.39 is 0 Å². The lowest BCUT2D eigenvalue weighted by atomic mass is 9.84. The molecule has 8 nitrogen and oxygen atoms in total. The van der Waals surface area contributed by atoms with Crippen LogP contribution in [0.25, 0.3) is 53.9 Å². The van der Waals surface area contributed by atoms with E-state index in [1.54, 1.807) is 97.1 Å². The Labute approximate surface area is 627 Å². The lowest BCUT2D eigenvalue weighted by Crippen LogP contribution is -2.20. The molecule has 8 heteroatoms. The predicted octanol–water partition coefficient (Wildman–Crippen LogP) is 25.2. The highest BCUT2D eigenvalue weighted by atomic mass is 16.2. The smallest absolute Gasteiger partial charge is 0.194 e. The summed E-state index contributed by atoms with van der Waals surface area (Å²) in [6.07, 6.45) is 10.2. The molecule has 0 spiro atoms. The van der Waals surface area contributed by atoms with Crippen molar-refractivity contribution in [2.45, 2.75) is 96.9 Å². The molecule has 0 saturated carbocycles. The number of hydrogen-bond donors (Lipinski definition) is 0. The lowest BCUT2D eigenvalue weighted by molar-refractivity contribution is -0.113. The normalized spacial score (nSPS) is 11.5. The minimum atomic E-state index is -0.121. The molecule has 0 saturated heterocycles. The van der Waals surface area contributed by atoms with E-state index in [1.165, 1.54) is 114 Å². The maximum absolute atomic E-state index is 12.1. The zero-order valence-electron chi connectivity index (χ0n) is 63.6. The standard InChI is InChI=1S/C15H12.C14H8O2.C14H10.2C10H6O2.C10H8.C7H8.C6H4O2.6C2H6/c1-11-14-8-4-2-6-12(14)10-13-7-3-5-9-15(11)13;15-13-9-5-1-2-6-10(9)14(16)12-8-4-3-7-11(12)13;1-2-6-12-10-14-8-4-3-7-13(14)9-11(12)5-1;2*11-9-5-6-10(12)8-4-2-1-3-7(8)9;1-2-6-10-8-4-3-7-9(10)5-1;1-7-5-3-2-4-6-7;7-5-1-2-6(8)4-3-5;6*1-2/h2-10H,1H3;1-8H;1-10H;2*1-6H;1-8H;2-6H,1H3;1-4H;6*1-2H3. The van der Waals surface area contributed by atoms with E-state index in [9.17, 15) is 38.4 Å². The van der Waals surface area contributed by atoms with Gasteiger partial charge in [0.1, 0.15) is 0 Å². The van der Waals surface area contributed by atoms with Crippen LogP contribution < -0.4 is 0 Å². The molecule has 0 amide bonds. The first kappa shape index (κ1) is 85.9. The molecule has 0 bridgehead atoms. The maximum Gasteiger partial charge on any atom is 0.194 e. The van der Waals surface area contributed by atoms with Crippen molar-refractivity contribution in [3.8, 4) is 0 Å². The molecule has 0 N–H and O–H groups in total. The third-order valence-electron chi connectivity index (χ3n) is 15.6. The third-order valence-corrected chi connectivity index (χ3v) is 15.6. The van der Waals surface area contributed by atoms with Crippen molar-refractivity contribution in [1.82, 2.24) is 0 Å². The zero-order chi connectivity index (χ0) is 77.8. The molecule has 0 radical (unpaired) electrons. The number of aryl methyl sites for hydroxylation is 2. The first-order chi connectivity index (χ1) is 51.8. The van der Waals surface area contributed by atoms with E-state index in [1.807, 2.05) is 101 Å². The van der Waals surface area contributed by atoms with Crippen molar-refractivity contribution in [3.63, 3.8) is 0 Å². The number of fused-ring (bicyclic) bond motifs is 9. The van der Waals surface area contributed by atoms with E-state index >= 15 is 0 Å². The molecule has 0 unspecified atom stereocenters. The Kier molecular flexibility index (Phi) is 38.6. The number of carbonyl (C=O) groups excluding carboxylic acids is 8. The highest BCUT2D eigenvalue weighted by Gasteiger charge is 2.28. The van der Waals surface area contributed by atoms with Crippen LogP contribution in [0.5, 0.6) is 0 Å². The van der Waals surface area contributed by atoms with Gasteiger partial charge in [0, 0.05) is 44.5 Å². The van der Waals surface area contributed by atoms with E-state index in [-0.39, 0.29) is 46.3 Å². The molecule has 0 atom stereocenters. The second kappa shape index (κ2) is 47.6. The Bertz CT molecular complexity index is 4640. The first-order valence-corrected chi connectivity index (χ1v) is 36.4. The van der Waals surface area contributed by atoms with Crippen LogP contribution in [0.2, 0.25) is 0 Å². The minimum absolute atomic E-state index is 0.0641. The molecular formula is C98H98O8. The van der Waals surface area contributed by atoms with Gasteiger partial charge in [0.2, 0.25) is 0 Å². The molecule has 13 aromatic carbocycles. The average molecular weight is 1400 g/mol. The minimum Gasteiger partial charge on any atom is -0.290 e. The summed E-state index contributed by atoms with van der Waals surface area (Å²) in [7, 11) is 0. The van der Waals surface area contributed by atoms with Gasteiger partial charge in [-0.1, -0.05) is 362 Å². The van der Waals surface area contributed by atoms with Gasteiger partial charge in [0.15, 0.2) is 46.3 Å². The second-order valence-corrected chi connectivity index (χ2v) is 21.9. The number of benzene rings is 13. The predicted molar refractivity (Wildman–Crippen MR) is 447 cm³/mol. The van der Waals surface area contributed by atoms with Gasteiger partial charge in [-0.3, -0.25) is 38.4 Å². The monoisotopic (exact) mass is 1400 g/mol. The van der Waals surface area contributed by atoms with Gasteiger partial charge in [-0.05, 0) is 140 Å². The summed E-state index contributed by atoms with van der Waals surface area (Å²) in [6, 6.07) is 95.4. The van der Waals surface area contributed by atoms with Gasteiger partial charge in [-0.2, -0.15) is 0 Å². The quantitative estimate of drug-likeness (QED) is 0.108. The topological polar surface area (TPSA) is 137 Å². The van der Waals surface area contributed by atoms with Crippen molar-refractivity contribution in [1.29, 1.82) is 0 Å². The fourth-order valence-corrected chi connectivity index (χ4v) is 10.8. The van der Waals surface area contributed by atoms with E-state index in [0.29, 0.717) is 44.5 Å². The van der Waals surface area contributed by atoms with Crippen LogP contribution in [0.1, 0.15) is 167 Å². The molecule has 0 aromatic heterocycles. The zero-order valence-corrected chi connectivity index (χ0v) is 63.6. The van der Waals surface area contributed by atoms with Gasteiger partial charge in [0.25, 0.3) is 0 Å². The summed E-state index contributed by atoms with van der Waals surface area (Å²) in [5, 5.41) is 13.2. The van der Waals surface area contributed by atoms with E-state index in [2.05, 4.69) is 190 Å². The fourth-order valence-electron chi connectivity index (χ4n) is 10.8. The molecule has 0 heterocycles. The Morgan fingerprint density at radius 1 is 0.179 bits per heavy atom. The lowest BCUT2D eigenvalue weighted by Gasteiger charge is -2.16. The van der Waals surface area contributed by atoms with Crippen LogP contribution in [0.4, 0.5) is 0 Å². The second-order valence-electron chi connectivity index (χ2n) is 21.9. The number of hydrogen-bond acceptors (Lipinski definition) is 8. The van der Waals surface area contributed by atoms with Crippen molar-refractivity contribution in [3.05, 3.63) is 395 Å². The van der Waals surface area contributed by atoms with Gasteiger partial charge < -0.3 is 0 Å². The van der Waals surface area contributed by atoms with Crippen molar-refractivity contribution < 1.29 is 38.4 Å². The number of carbonyl (C=O) groups is 8. The Morgan fingerprint density at radius 2 is 0.368 bits per heavy atom. The van der Waals surface area contributed by atoms with Crippen molar-refractivity contribution >= 4 is 100 Å². The first-order valence-electron chi connectivity index (χ1n) is 36.4. The van der Waals surface area contributed by atoms with E-state index in [0.717, 1.165) is 0 Å². The van der Waals surface area contributed by atoms with Gasteiger partial charge in [-0.25, -0.2) is 0 Å². The summed E-state index contributed by atoms with van der Waals surface area (Å²) < 4.78 is 0. The van der Waals surface area contributed by atoms with Crippen molar-refractivity contribution in [2.24, 2.45) is 0 Å². The van der Waals surface area contributed by atoms with Crippen LogP contribution in [0.15, 0.2) is 340 Å². The fraction of sp³-hybridized carbons (Fsp3) is 0.143. The van der Waals surface area contributed by atoms with Crippen molar-refractivity contribution in [2.75, 3.05) is 0 Å². The molecule has 17 rings (SSSR count). The third kappa shape index (κ3) is 24.9. The molecule has 538 valence electrons. The SMILES string of the molecule is CC.CC.CC.CC.CC.CC.Cc1c2ccccc2cc2ccccc12.Cc1ccccc1.O=C1C=CC(=O)C=C1.O=C1C=CC(=O)c2ccccc21.O=C1C=CC(=O)c2ccccc21.O=C1c2ccccc2C(=O)c2ccccc21.c1ccc2cc3ccccc3cc2c1.c1ccc2ccccc2c1. The van der Waals surface area contributed by atoms with Crippen LogP contribution >= 0.6 is 0 Å². The molecule has 106 heavy (non-hydrogen) atoms. The summed E-state index contributed by atoms with van der Waals surface area (Å²) >= 11 is 0. The molecular weight excluding hydrogens is 1310 g/mol. The molecule has 4 aliphatic carbocycles. The number of ketones is 8.